The highest BCUT2D eigenvalue weighted by Crippen LogP contribution is 2.30. The normalized spacial score (nSPS) is 15.0. The van der Waals surface area contributed by atoms with E-state index in [0.717, 1.165) is 6.07 Å². The Bertz CT molecular complexity index is 748. The zero-order chi connectivity index (χ0) is 18.6. The van der Waals surface area contributed by atoms with E-state index in [1.54, 1.807) is 17.0 Å². The number of nitrogens with one attached hydrogen (secondary N) is 2. The minimum absolute atomic E-state index is 0.0913. The van der Waals surface area contributed by atoms with Gasteiger partial charge in [-0.25, -0.2) is 4.98 Å². The predicted octanol–water partition coefficient (Wildman–Crippen LogP) is 2.41. The van der Waals surface area contributed by atoms with E-state index in [-0.39, 0.29) is 23.4 Å². The monoisotopic (exact) mass is 387 g/mol. The lowest BCUT2D eigenvalue weighted by Crippen LogP contribution is -2.37. The fourth-order valence-electron chi connectivity index (χ4n) is 2.32. The summed E-state index contributed by atoms with van der Waals surface area (Å²) in [6, 6.07) is 4.39. The van der Waals surface area contributed by atoms with Crippen molar-refractivity contribution in [3.63, 3.8) is 0 Å². The van der Waals surface area contributed by atoms with Crippen molar-refractivity contribution in [2.24, 2.45) is 0 Å². The van der Waals surface area contributed by atoms with Crippen LogP contribution in [0.25, 0.3) is 0 Å². The maximum atomic E-state index is 13.2. The Morgan fingerprint density at radius 2 is 2.04 bits per heavy atom. The minimum Gasteiger partial charge on any atom is -0.467 e. The number of alkyl halides is 3. The van der Waals surface area contributed by atoms with Crippen molar-refractivity contribution in [1.29, 1.82) is 0 Å². The molecular weight excluding hydrogens is 371 g/mol. The van der Waals surface area contributed by atoms with Gasteiger partial charge in [-0.1, -0.05) is 0 Å². The molecule has 0 atom stereocenters. The molecule has 26 heavy (non-hydrogen) atoms. The van der Waals surface area contributed by atoms with E-state index in [1.807, 2.05) is 0 Å². The maximum Gasteiger partial charge on any atom is 0.433 e. The molecule has 1 aliphatic heterocycles. The molecule has 3 heterocycles. The first-order chi connectivity index (χ1) is 12.4. The Kier molecular flexibility index (Phi) is 5.57. The number of nitrogens with zero attached hydrogens (tertiary/aromatic N) is 3. The minimum atomic E-state index is -4.59. The molecule has 0 unspecified atom stereocenters. The molecule has 0 amide bonds. The van der Waals surface area contributed by atoms with Crippen LogP contribution in [-0.4, -0.2) is 41.4 Å². The highest BCUT2D eigenvalue weighted by Gasteiger charge is 2.34. The third-order valence-corrected chi connectivity index (χ3v) is 3.81. The average molecular weight is 387 g/mol. The van der Waals surface area contributed by atoms with E-state index >= 15 is 0 Å². The van der Waals surface area contributed by atoms with Crippen molar-refractivity contribution in [3.8, 4) is 0 Å². The second-order valence-electron chi connectivity index (χ2n) is 5.42. The van der Waals surface area contributed by atoms with E-state index in [2.05, 4.69) is 20.6 Å². The molecule has 1 aliphatic rings. The Balaban J connectivity index is 1.75. The summed E-state index contributed by atoms with van der Waals surface area (Å²) in [4.78, 5) is 9.39. The van der Waals surface area contributed by atoms with Gasteiger partial charge >= 0.3 is 6.18 Å². The number of halogens is 3. The summed E-state index contributed by atoms with van der Waals surface area (Å²) in [6.45, 7) is 2.05. The van der Waals surface area contributed by atoms with Gasteiger partial charge in [0, 0.05) is 19.2 Å². The number of furan rings is 1. The molecule has 0 bridgehead atoms. The zero-order valence-electron chi connectivity index (χ0n) is 13.5. The van der Waals surface area contributed by atoms with Gasteiger partial charge in [0.1, 0.15) is 11.6 Å². The molecule has 2 N–H and O–H groups in total. The molecule has 140 valence electrons. The van der Waals surface area contributed by atoms with Gasteiger partial charge in [-0.15, -0.1) is 0 Å². The Hall–Kier alpha value is -2.40. The summed E-state index contributed by atoms with van der Waals surface area (Å²) in [5, 5.41) is 5.51. The molecule has 11 heteroatoms. The van der Waals surface area contributed by atoms with Crippen LogP contribution in [0.3, 0.4) is 0 Å². The van der Waals surface area contributed by atoms with Crippen LogP contribution in [-0.2, 0) is 17.5 Å². The number of rotatable bonds is 4. The molecule has 2 aromatic rings. The summed E-state index contributed by atoms with van der Waals surface area (Å²) >= 11 is 5.09. The molecule has 0 radical (unpaired) electrons. The molecule has 1 saturated heterocycles. The van der Waals surface area contributed by atoms with Gasteiger partial charge in [-0.3, -0.25) is 0 Å². The van der Waals surface area contributed by atoms with Crippen molar-refractivity contribution >= 4 is 29.1 Å². The Morgan fingerprint density at radius 3 is 2.69 bits per heavy atom. The molecule has 0 aliphatic carbocycles. The molecule has 0 spiro atoms. The molecule has 1 fully saturated rings. The highest BCUT2D eigenvalue weighted by atomic mass is 32.1. The van der Waals surface area contributed by atoms with Crippen molar-refractivity contribution in [1.82, 2.24) is 15.3 Å². The topological polar surface area (TPSA) is 75.5 Å². The van der Waals surface area contributed by atoms with Crippen molar-refractivity contribution < 1.29 is 22.3 Å². The average Bonchev–Trinajstić information content (AvgIpc) is 3.13. The second-order valence-corrected chi connectivity index (χ2v) is 5.83. The van der Waals surface area contributed by atoms with Crippen LogP contribution in [0, 0.1) is 0 Å². The van der Waals surface area contributed by atoms with Crippen LogP contribution in [0.5, 0.6) is 0 Å². The molecule has 7 nitrogen and oxygen atoms in total. The SMILES string of the molecule is FC(F)(F)c1cc(N2CCOCC2)nc(NC(=S)NCc2ccco2)n1. The molecule has 3 rings (SSSR count). The van der Waals surface area contributed by atoms with Gasteiger partial charge in [-0.05, 0) is 24.4 Å². The molecule has 0 saturated carbocycles. The van der Waals surface area contributed by atoms with Crippen molar-refractivity contribution in [2.75, 3.05) is 36.5 Å². The number of hydrogen-bond donors (Lipinski definition) is 2. The summed E-state index contributed by atoms with van der Waals surface area (Å²) in [7, 11) is 0. The number of aromatic nitrogens is 2. The van der Waals surface area contributed by atoms with E-state index in [9.17, 15) is 13.2 Å². The van der Waals surface area contributed by atoms with Crippen LogP contribution in [0.2, 0.25) is 0 Å². The van der Waals surface area contributed by atoms with E-state index in [0.29, 0.717) is 32.1 Å². The van der Waals surface area contributed by atoms with Crippen LogP contribution < -0.4 is 15.5 Å². The van der Waals surface area contributed by atoms with Crippen LogP contribution in [0.1, 0.15) is 11.5 Å². The lowest BCUT2D eigenvalue weighted by Gasteiger charge is -2.28. The highest BCUT2D eigenvalue weighted by molar-refractivity contribution is 7.80. The van der Waals surface area contributed by atoms with Gasteiger partial charge < -0.3 is 24.7 Å². The maximum absolute atomic E-state index is 13.2. The molecule has 0 aromatic carbocycles. The summed E-state index contributed by atoms with van der Waals surface area (Å²) in [5.74, 6) is 0.582. The second kappa shape index (κ2) is 7.87. The van der Waals surface area contributed by atoms with Crippen LogP contribution in [0.4, 0.5) is 24.9 Å². The van der Waals surface area contributed by atoms with Crippen LogP contribution >= 0.6 is 12.2 Å². The number of hydrogen-bond acceptors (Lipinski definition) is 6. The van der Waals surface area contributed by atoms with E-state index < -0.39 is 11.9 Å². The predicted molar refractivity (Wildman–Crippen MR) is 91.8 cm³/mol. The van der Waals surface area contributed by atoms with Gasteiger partial charge in [0.05, 0.1) is 26.0 Å². The van der Waals surface area contributed by atoms with Gasteiger partial charge in [0.15, 0.2) is 10.8 Å². The quantitative estimate of drug-likeness (QED) is 0.775. The lowest BCUT2D eigenvalue weighted by molar-refractivity contribution is -0.141. The fourth-order valence-corrected chi connectivity index (χ4v) is 2.48. The van der Waals surface area contributed by atoms with Gasteiger partial charge in [-0.2, -0.15) is 18.2 Å². The zero-order valence-corrected chi connectivity index (χ0v) is 14.4. The Labute approximate surface area is 152 Å². The Morgan fingerprint density at radius 1 is 1.27 bits per heavy atom. The van der Waals surface area contributed by atoms with Gasteiger partial charge in [0.2, 0.25) is 5.95 Å². The number of thiocarbonyl (C=S) groups is 1. The standard InChI is InChI=1S/C15H16F3N5O2S/c16-15(17,18)11-8-12(23-3-6-24-7-4-23)21-13(20-11)22-14(26)19-9-10-2-1-5-25-10/h1-2,5,8H,3-4,6-7,9H2,(H2,19,20,21,22,26). The number of ether oxygens (including phenoxy) is 1. The number of anilines is 2. The van der Waals surface area contributed by atoms with Crippen molar-refractivity contribution in [3.05, 3.63) is 35.9 Å². The summed E-state index contributed by atoms with van der Waals surface area (Å²) < 4.78 is 49.9. The first kappa shape index (κ1) is 18.4. The van der Waals surface area contributed by atoms with E-state index in [1.165, 1.54) is 6.26 Å². The first-order valence-corrected chi connectivity index (χ1v) is 8.19. The van der Waals surface area contributed by atoms with Gasteiger partial charge in [0.25, 0.3) is 0 Å². The largest absolute Gasteiger partial charge is 0.467 e. The summed E-state index contributed by atoms with van der Waals surface area (Å²) in [6.07, 6.45) is -3.08. The number of morpholine rings is 1. The van der Waals surface area contributed by atoms with Crippen LogP contribution in [0.15, 0.2) is 28.9 Å². The first-order valence-electron chi connectivity index (χ1n) is 7.78. The third-order valence-electron chi connectivity index (χ3n) is 3.57. The summed E-state index contributed by atoms with van der Waals surface area (Å²) in [5.41, 5.74) is -1.04. The van der Waals surface area contributed by atoms with Crippen molar-refractivity contribution in [2.45, 2.75) is 12.7 Å². The van der Waals surface area contributed by atoms with E-state index in [4.69, 9.17) is 21.4 Å². The lowest BCUT2D eigenvalue weighted by atomic mass is 10.3. The smallest absolute Gasteiger partial charge is 0.433 e. The third kappa shape index (κ3) is 4.82. The molecule has 2 aromatic heterocycles. The molecular formula is C15H16F3N5O2S. The fraction of sp³-hybridized carbons (Fsp3) is 0.400.